The maximum absolute atomic E-state index is 5.35. The molecule has 1 aromatic heterocycles. The van der Waals surface area contributed by atoms with Gasteiger partial charge in [0.25, 0.3) is 0 Å². The molecular formula is C51H32N2. The molecule has 12 rings (SSSR count). The molecule has 0 fully saturated rings. The number of para-hydroxylation sites is 1. The first kappa shape index (κ1) is 29.0. The molecule has 246 valence electrons. The number of rotatable bonds is 2. The maximum Gasteiger partial charge on any atom is 0.160 e. The van der Waals surface area contributed by atoms with Crippen LogP contribution in [0, 0.1) is 0 Å². The van der Waals surface area contributed by atoms with Crippen LogP contribution in [0.4, 0.5) is 0 Å². The number of nitrogens with zero attached hydrogens (tertiary/aromatic N) is 2. The van der Waals surface area contributed by atoms with Gasteiger partial charge in [-0.15, -0.1) is 0 Å². The number of hydrogen-bond donors (Lipinski definition) is 0. The minimum absolute atomic E-state index is 0.170. The van der Waals surface area contributed by atoms with E-state index in [-0.39, 0.29) is 5.41 Å². The van der Waals surface area contributed by atoms with E-state index in [2.05, 4.69) is 172 Å². The molecule has 1 aliphatic carbocycles. The third kappa shape index (κ3) is 3.87. The largest absolute Gasteiger partial charge is 0.228 e. The van der Waals surface area contributed by atoms with Crippen molar-refractivity contribution in [3.63, 3.8) is 0 Å². The van der Waals surface area contributed by atoms with E-state index >= 15 is 0 Å². The van der Waals surface area contributed by atoms with Gasteiger partial charge in [-0.2, -0.15) is 0 Å². The Morgan fingerprint density at radius 2 is 1.04 bits per heavy atom. The van der Waals surface area contributed by atoms with Gasteiger partial charge in [0, 0.05) is 21.9 Å². The molecule has 0 N–H and O–H groups in total. The van der Waals surface area contributed by atoms with Crippen LogP contribution in [0.25, 0.3) is 109 Å². The van der Waals surface area contributed by atoms with Gasteiger partial charge in [0.05, 0.1) is 11.2 Å². The number of hydrogen-bond acceptors (Lipinski definition) is 2. The van der Waals surface area contributed by atoms with Crippen LogP contribution >= 0.6 is 0 Å². The van der Waals surface area contributed by atoms with Gasteiger partial charge in [0.2, 0.25) is 0 Å². The van der Waals surface area contributed by atoms with Crippen molar-refractivity contribution in [3.05, 3.63) is 169 Å². The molecule has 0 amide bonds. The van der Waals surface area contributed by atoms with E-state index in [0.717, 1.165) is 33.5 Å². The SMILES string of the molecule is CC1(C)c2ccc(-c3nc(-c4cccc5ccccc45)c4ccccc4n3)cc2-c2cc3ccc4c5cccc6c5cc(c5ccccc65)c4c3cc21. The minimum Gasteiger partial charge on any atom is -0.228 e. The highest BCUT2D eigenvalue weighted by Crippen LogP contribution is 2.52. The Morgan fingerprint density at radius 3 is 1.91 bits per heavy atom. The fourth-order valence-corrected chi connectivity index (χ4v) is 9.64. The van der Waals surface area contributed by atoms with E-state index in [1.54, 1.807) is 0 Å². The Balaban J connectivity index is 1.09. The maximum atomic E-state index is 5.35. The minimum atomic E-state index is -0.170. The Morgan fingerprint density at radius 1 is 0.377 bits per heavy atom. The molecule has 0 radical (unpaired) electrons. The first-order valence-electron chi connectivity index (χ1n) is 18.5. The molecular weight excluding hydrogens is 641 g/mol. The summed E-state index contributed by atoms with van der Waals surface area (Å²) in [5, 5.41) is 16.7. The summed E-state index contributed by atoms with van der Waals surface area (Å²) in [4.78, 5) is 10.5. The first-order valence-corrected chi connectivity index (χ1v) is 18.5. The second-order valence-corrected chi connectivity index (χ2v) is 15.3. The highest BCUT2D eigenvalue weighted by molar-refractivity contribution is 6.35. The van der Waals surface area contributed by atoms with Gasteiger partial charge >= 0.3 is 0 Å². The van der Waals surface area contributed by atoms with Crippen LogP contribution in [0.2, 0.25) is 0 Å². The van der Waals surface area contributed by atoms with E-state index in [4.69, 9.17) is 9.97 Å². The summed E-state index contributed by atoms with van der Waals surface area (Å²) in [5.41, 5.74) is 9.17. The third-order valence-electron chi connectivity index (χ3n) is 12.2. The average molecular weight is 673 g/mol. The Kier molecular flexibility index (Phi) is 5.60. The zero-order valence-corrected chi connectivity index (χ0v) is 29.4. The summed E-state index contributed by atoms with van der Waals surface area (Å²) in [6.07, 6.45) is 0. The van der Waals surface area contributed by atoms with E-state index in [9.17, 15) is 0 Å². The van der Waals surface area contributed by atoms with Gasteiger partial charge in [-0.05, 0) is 117 Å². The summed E-state index contributed by atoms with van der Waals surface area (Å²) in [7, 11) is 0. The van der Waals surface area contributed by atoms with Gasteiger partial charge in [0.15, 0.2) is 5.82 Å². The van der Waals surface area contributed by atoms with Crippen molar-refractivity contribution in [1.82, 2.24) is 9.97 Å². The van der Waals surface area contributed by atoms with Crippen LogP contribution in [-0.2, 0) is 5.41 Å². The molecule has 10 aromatic carbocycles. The van der Waals surface area contributed by atoms with Crippen LogP contribution in [-0.4, -0.2) is 9.97 Å². The third-order valence-corrected chi connectivity index (χ3v) is 12.2. The molecule has 2 bridgehead atoms. The number of benzene rings is 10. The summed E-state index contributed by atoms with van der Waals surface area (Å²) in [5.74, 6) is 0.747. The Labute approximate surface area is 306 Å². The van der Waals surface area contributed by atoms with Crippen LogP contribution in [0.3, 0.4) is 0 Å². The fourth-order valence-electron chi connectivity index (χ4n) is 9.64. The van der Waals surface area contributed by atoms with Crippen molar-refractivity contribution < 1.29 is 0 Å². The summed E-state index contributed by atoms with van der Waals surface area (Å²) >= 11 is 0. The van der Waals surface area contributed by atoms with Crippen molar-refractivity contribution in [2.45, 2.75) is 19.3 Å². The number of aromatic nitrogens is 2. The molecule has 1 aliphatic rings. The highest BCUT2D eigenvalue weighted by atomic mass is 14.9. The second kappa shape index (κ2) is 10.2. The fraction of sp³-hybridized carbons (Fsp3) is 0.0588. The zero-order valence-electron chi connectivity index (χ0n) is 29.4. The zero-order chi connectivity index (χ0) is 35.0. The molecule has 0 aliphatic heterocycles. The smallest absolute Gasteiger partial charge is 0.160 e. The molecule has 0 spiro atoms. The molecule has 0 saturated heterocycles. The van der Waals surface area contributed by atoms with Gasteiger partial charge < -0.3 is 0 Å². The quantitative estimate of drug-likeness (QED) is 0.171. The molecule has 1 heterocycles. The van der Waals surface area contributed by atoms with Gasteiger partial charge in [-0.1, -0.05) is 141 Å². The summed E-state index contributed by atoms with van der Waals surface area (Å²) in [6.45, 7) is 4.75. The lowest BCUT2D eigenvalue weighted by Gasteiger charge is -2.22. The normalized spacial score (nSPS) is 13.6. The van der Waals surface area contributed by atoms with E-state index < -0.39 is 0 Å². The van der Waals surface area contributed by atoms with Crippen molar-refractivity contribution >= 4 is 75.5 Å². The molecule has 2 nitrogen and oxygen atoms in total. The van der Waals surface area contributed by atoms with Crippen molar-refractivity contribution in [2.24, 2.45) is 0 Å². The van der Waals surface area contributed by atoms with Gasteiger partial charge in [-0.25, -0.2) is 9.97 Å². The second-order valence-electron chi connectivity index (χ2n) is 15.3. The first-order chi connectivity index (χ1) is 26.0. The van der Waals surface area contributed by atoms with Crippen LogP contribution in [0.1, 0.15) is 25.0 Å². The number of fused-ring (bicyclic) bond motifs is 14. The molecule has 2 heteroatoms. The van der Waals surface area contributed by atoms with Crippen LogP contribution < -0.4 is 0 Å². The van der Waals surface area contributed by atoms with Crippen LogP contribution in [0.5, 0.6) is 0 Å². The molecule has 0 saturated carbocycles. The van der Waals surface area contributed by atoms with Crippen LogP contribution in [0.15, 0.2) is 158 Å². The lowest BCUT2D eigenvalue weighted by atomic mass is 9.81. The monoisotopic (exact) mass is 672 g/mol. The van der Waals surface area contributed by atoms with E-state index in [0.29, 0.717) is 0 Å². The predicted octanol–water partition coefficient (Wildman–Crippen LogP) is 13.6. The predicted molar refractivity (Wildman–Crippen MR) is 224 cm³/mol. The summed E-state index contributed by atoms with van der Waals surface area (Å²) in [6, 6.07) is 58.1. The van der Waals surface area contributed by atoms with E-state index in [1.807, 2.05) is 0 Å². The lowest BCUT2D eigenvalue weighted by Crippen LogP contribution is -2.14. The van der Waals surface area contributed by atoms with Crippen molar-refractivity contribution in [1.29, 1.82) is 0 Å². The van der Waals surface area contributed by atoms with Crippen molar-refractivity contribution in [3.8, 4) is 33.8 Å². The average Bonchev–Trinajstić information content (AvgIpc) is 3.43. The molecule has 0 unspecified atom stereocenters. The highest BCUT2D eigenvalue weighted by Gasteiger charge is 2.36. The standard InChI is InChI=1S/C51H32N2/c1-51(2)45-24-22-31(50-52-47-20-8-7-16-39(47)49(53-50)38-19-9-12-29-11-3-4-13-32(29)38)26-42(45)43-25-30-21-23-37-36-18-10-17-34-33-14-5-6-15-35(33)44(27-41(34)36)48(37)40(30)28-46(43)51/h3-28H,1-2H3. The molecule has 0 atom stereocenters. The van der Waals surface area contributed by atoms with Gasteiger partial charge in [0.1, 0.15) is 0 Å². The van der Waals surface area contributed by atoms with E-state index in [1.165, 1.54) is 86.9 Å². The van der Waals surface area contributed by atoms with Gasteiger partial charge in [-0.3, -0.25) is 0 Å². The Hall–Kier alpha value is -6.64. The lowest BCUT2D eigenvalue weighted by molar-refractivity contribution is 0.661. The molecule has 53 heavy (non-hydrogen) atoms. The Bertz CT molecular complexity index is 3360. The molecule has 11 aromatic rings. The summed E-state index contributed by atoms with van der Waals surface area (Å²) < 4.78 is 0. The topological polar surface area (TPSA) is 25.8 Å². The van der Waals surface area contributed by atoms with Crippen molar-refractivity contribution in [2.75, 3.05) is 0 Å².